The van der Waals surface area contributed by atoms with Gasteiger partial charge in [0.05, 0.1) is 7.11 Å². The number of methoxy groups -OCH3 is 1. The van der Waals surface area contributed by atoms with Crippen LogP contribution in [0.25, 0.3) is 0 Å². The van der Waals surface area contributed by atoms with Crippen molar-refractivity contribution in [3.8, 4) is 5.75 Å². The van der Waals surface area contributed by atoms with E-state index in [0.29, 0.717) is 25.0 Å². The third-order valence-electron chi connectivity index (χ3n) is 6.38. The van der Waals surface area contributed by atoms with Crippen LogP contribution in [-0.2, 0) is 17.9 Å². The lowest BCUT2D eigenvalue weighted by Gasteiger charge is -2.28. The van der Waals surface area contributed by atoms with Crippen LogP contribution in [0.5, 0.6) is 5.75 Å². The third-order valence-corrected chi connectivity index (χ3v) is 6.38. The zero-order valence-electron chi connectivity index (χ0n) is 21.2. The summed E-state index contributed by atoms with van der Waals surface area (Å²) < 4.78 is 5.21. The zero-order chi connectivity index (χ0) is 26.3. The summed E-state index contributed by atoms with van der Waals surface area (Å²) >= 11 is 0. The highest BCUT2D eigenvalue weighted by molar-refractivity contribution is 6.02. The minimum absolute atomic E-state index is 0.130. The number of hydrazine groups is 1. The van der Waals surface area contributed by atoms with E-state index < -0.39 is 11.9 Å². The molecule has 2 aliphatic heterocycles. The molecule has 2 saturated heterocycles. The number of nitrogens with zero attached hydrogens (tertiary/aromatic N) is 5. The van der Waals surface area contributed by atoms with Crippen LogP contribution >= 0.6 is 0 Å². The van der Waals surface area contributed by atoms with E-state index in [4.69, 9.17) is 4.74 Å². The van der Waals surface area contributed by atoms with Gasteiger partial charge in [0.15, 0.2) is 0 Å². The van der Waals surface area contributed by atoms with Gasteiger partial charge >= 0.3 is 6.03 Å². The van der Waals surface area contributed by atoms with Crippen molar-refractivity contribution in [2.24, 2.45) is 0 Å². The molecule has 0 aliphatic carbocycles. The van der Waals surface area contributed by atoms with E-state index in [1.807, 2.05) is 24.3 Å². The molecule has 2 fully saturated rings. The first-order valence-corrected chi connectivity index (χ1v) is 12.6. The van der Waals surface area contributed by atoms with E-state index in [2.05, 4.69) is 65.5 Å². The second-order valence-corrected chi connectivity index (χ2v) is 9.13. The van der Waals surface area contributed by atoms with Crippen molar-refractivity contribution < 1.29 is 14.3 Å². The lowest BCUT2D eigenvalue weighted by atomic mass is 10.1. The number of hydrogen-bond donors (Lipinski definition) is 4. The molecule has 0 unspecified atom stereocenters. The molecule has 4 N–H and O–H groups in total. The van der Waals surface area contributed by atoms with Gasteiger partial charge in [-0.1, -0.05) is 24.3 Å². The monoisotopic (exact) mass is 517 g/mol. The number of imide groups is 1. The number of anilines is 4. The van der Waals surface area contributed by atoms with E-state index in [9.17, 15) is 9.59 Å². The van der Waals surface area contributed by atoms with Crippen molar-refractivity contribution in [3.63, 3.8) is 0 Å². The lowest BCUT2D eigenvalue weighted by molar-refractivity contribution is -0.118. The van der Waals surface area contributed by atoms with Gasteiger partial charge in [0.1, 0.15) is 12.3 Å². The summed E-state index contributed by atoms with van der Waals surface area (Å²) in [6.07, 6.45) is 3.78. The number of piperidine rings is 1. The van der Waals surface area contributed by atoms with Gasteiger partial charge in [-0.3, -0.25) is 15.5 Å². The van der Waals surface area contributed by atoms with Crippen LogP contribution in [0.4, 0.5) is 28.3 Å². The van der Waals surface area contributed by atoms with Crippen LogP contribution < -0.4 is 31.0 Å². The fourth-order valence-electron chi connectivity index (χ4n) is 4.32. The summed E-state index contributed by atoms with van der Waals surface area (Å²) in [6, 6.07) is 15.6. The molecule has 0 radical (unpaired) electrons. The smallest absolute Gasteiger partial charge is 0.343 e. The maximum atomic E-state index is 12.0. The first-order chi connectivity index (χ1) is 18.6. The number of aromatic nitrogens is 3. The summed E-state index contributed by atoms with van der Waals surface area (Å²) in [5.41, 5.74) is 6.12. The number of rotatable bonds is 10. The highest BCUT2D eigenvalue weighted by atomic mass is 16.5. The molecular formula is C26H31N9O3. The van der Waals surface area contributed by atoms with Crippen LogP contribution in [0, 0.1) is 0 Å². The maximum Gasteiger partial charge on any atom is 0.343 e. The summed E-state index contributed by atoms with van der Waals surface area (Å²) in [5, 5.41) is 9.77. The van der Waals surface area contributed by atoms with Crippen molar-refractivity contribution in [3.05, 3.63) is 59.7 Å². The van der Waals surface area contributed by atoms with E-state index in [0.717, 1.165) is 35.0 Å². The molecule has 0 spiro atoms. The molecule has 2 aliphatic rings. The first kappa shape index (κ1) is 25.1. The average Bonchev–Trinajstić information content (AvgIpc) is 3.27. The molecule has 12 nitrogen and oxygen atoms in total. The average molecular weight is 518 g/mol. The molecule has 38 heavy (non-hydrogen) atoms. The molecule has 0 saturated carbocycles. The molecule has 5 rings (SSSR count). The maximum absolute atomic E-state index is 12.0. The Hall–Kier alpha value is -4.61. The molecule has 1 aromatic heterocycles. The molecule has 3 aromatic rings. The van der Waals surface area contributed by atoms with E-state index in [1.54, 1.807) is 7.11 Å². The SMILES string of the molecule is COc1ccc(CNc2nc(NCc3ccc(N4CCCCC4)cc3)nc(NN3CC(=O)NC3=O)n2)cc1. The topological polar surface area (TPSA) is 137 Å². The molecular weight excluding hydrogens is 486 g/mol. The first-order valence-electron chi connectivity index (χ1n) is 12.6. The van der Waals surface area contributed by atoms with Crippen LogP contribution in [0.15, 0.2) is 48.5 Å². The second kappa shape index (κ2) is 11.6. The Bertz CT molecular complexity index is 1260. The van der Waals surface area contributed by atoms with Crippen LogP contribution in [-0.4, -0.2) is 58.6 Å². The Morgan fingerprint density at radius 1 is 0.816 bits per heavy atom. The molecule has 12 heteroatoms. The van der Waals surface area contributed by atoms with Crippen molar-refractivity contribution >= 4 is 35.5 Å². The summed E-state index contributed by atoms with van der Waals surface area (Å²) in [6.45, 7) is 3.04. The predicted octanol–water partition coefficient (Wildman–Crippen LogP) is 2.97. The van der Waals surface area contributed by atoms with Gasteiger partial charge in [-0.15, -0.1) is 0 Å². The Labute approximate surface area is 220 Å². The summed E-state index contributed by atoms with van der Waals surface area (Å²) in [7, 11) is 1.62. The fraction of sp³-hybridized carbons (Fsp3) is 0.346. The molecule has 198 valence electrons. The number of carbonyl (C=O) groups excluding carboxylic acids is 2. The number of carbonyl (C=O) groups is 2. The van der Waals surface area contributed by atoms with Gasteiger partial charge in [0, 0.05) is 31.9 Å². The van der Waals surface area contributed by atoms with Gasteiger partial charge in [0.25, 0.3) is 0 Å². The zero-order valence-corrected chi connectivity index (χ0v) is 21.2. The van der Waals surface area contributed by atoms with Crippen molar-refractivity contribution in [2.45, 2.75) is 32.4 Å². The number of nitrogens with one attached hydrogen (secondary N) is 4. The Balaban J connectivity index is 1.27. The van der Waals surface area contributed by atoms with Crippen LogP contribution in [0.3, 0.4) is 0 Å². The second-order valence-electron chi connectivity index (χ2n) is 9.13. The number of urea groups is 1. The number of hydrogen-bond acceptors (Lipinski definition) is 10. The lowest BCUT2D eigenvalue weighted by Crippen LogP contribution is -2.34. The fourth-order valence-corrected chi connectivity index (χ4v) is 4.32. The van der Waals surface area contributed by atoms with Crippen LogP contribution in [0.2, 0.25) is 0 Å². The summed E-state index contributed by atoms with van der Waals surface area (Å²) in [5.74, 6) is 1.14. The largest absolute Gasteiger partial charge is 0.497 e. The Kier molecular flexibility index (Phi) is 7.67. The normalized spacial score (nSPS) is 15.3. The highest BCUT2D eigenvalue weighted by Gasteiger charge is 2.27. The molecule has 0 bridgehead atoms. The number of benzene rings is 2. The molecule has 2 aromatic carbocycles. The van der Waals surface area contributed by atoms with Gasteiger partial charge in [-0.25, -0.2) is 9.80 Å². The van der Waals surface area contributed by atoms with E-state index in [1.165, 1.54) is 24.9 Å². The van der Waals surface area contributed by atoms with Gasteiger partial charge in [0.2, 0.25) is 23.8 Å². The van der Waals surface area contributed by atoms with E-state index in [-0.39, 0.29) is 12.5 Å². The highest BCUT2D eigenvalue weighted by Crippen LogP contribution is 2.21. The van der Waals surface area contributed by atoms with Crippen molar-refractivity contribution in [1.82, 2.24) is 25.3 Å². The summed E-state index contributed by atoms with van der Waals surface area (Å²) in [4.78, 5) is 39.3. The molecule has 3 heterocycles. The Morgan fingerprint density at radius 2 is 1.39 bits per heavy atom. The molecule has 3 amide bonds. The van der Waals surface area contributed by atoms with Crippen LogP contribution in [0.1, 0.15) is 30.4 Å². The number of amides is 3. The third kappa shape index (κ3) is 6.38. The quantitative estimate of drug-likeness (QED) is 0.297. The minimum Gasteiger partial charge on any atom is -0.497 e. The molecule has 0 atom stereocenters. The van der Waals surface area contributed by atoms with Crippen molar-refractivity contribution in [1.29, 1.82) is 0 Å². The number of ether oxygens (including phenoxy) is 1. The van der Waals surface area contributed by atoms with E-state index >= 15 is 0 Å². The predicted molar refractivity (Wildman–Crippen MR) is 144 cm³/mol. The van der Waals surface area contributed by atoms with Gasteiger partial charge in [-0.05, 0) is 54.7 Å². The minimum atomic E-state index is -0.563. The standard InChI is InChI=1S/C26H31N9O3/c1-38-21-11-7-19(8-12-21)16-28-24-30-23(31-25(32-24)33-35-17-22(36)29-26(35)37)27-15-18-5-9-20(10-6-18)34-13-3-2-4-14-34/h5-12H,2-4,13-17H2,1H3,(H,29,36,37)(H3,27,28,30,31,32,33). The Morgan fingerprint density at radius 3 is 1.95 bits per heavy atom. The van der Waals surface area contributed by atoms with Gasteiger partial charge < -0.3 is 20.3 Å². The van der Waals surface area contributed by atoms with Crippen molar-refractivity contribution in [2.75, 3.05) is 47.7 Å². The van der Waals surface area contributed by atoms with Gasteiger partial charge in [-0.2, -0.15) is 15.0 Å².